The zero-order chi connectivity index (χ0) is 71.9. The summed E-state index contributed by atoms with van der Waals surface area (Å²) in [6, 6.07) is 102. The highest BCUT2D eigenvalue weighted by atomic mass is 79.9. The Bertz CT molecular complexity index is 5460. The zero-order valence-corrected chi connectivity index (χ0v) is 60.7. The number of benzene rings is 12. The van der Waals surface area contributed by atoms with Gasteiger partial charge in [0.25, 0.3) is 0 Å². The molecule has 0 unspecified atom stereocenters. The zero-order valence-electron chi connectivity index (χ0n) is 59.1. The minimum absolute atomic E-state index is 0.0937. The van der Waals surface area contributed by atoms with Gasteiger partial charge in [-0.1, -0.05) is 304 Å². The molecule has 17 rings (SSSR count). The third kappa shape index (κ3) is 13.5. The summed E-state index contributed by atoms with van der Waals surface area (Å²) in [7, 11) is -0.413. The van der Waals surface area contributed by atoms with Crippen LogP contribution in [0.3, 0.4) is 0 Å². The molecule has 2 aromatic heterocycles. The maximum Gasteiger partial charge on any atom is 0.494 e. The van der Waals surface area contributed by atoms with Crippen molar-refractivity contribution in [2.75, 3.05) is 0 Å². The van der Waals surface area contributed by atoms with Crippen LogP contribution in [0, 0.1) is 0 Å². The number of aromatic nitrogens is 6. The molecule has 0 amide bonds. The maximum absolute atomic E-state index is 13.4. The van der Waals surface area contributed by atoms with Crippen molar-refractivity contribution < 1.29 is 18.9 Å². The van der Waals surface area contributed by atoms with Crippen molar-refractivity contribution in [3.63, 3.8) is 0 Å². The average Bonchev–Trinajstić information content (AvgIpc) is 0.964. The van der Waals surface area contributed by atoms with E-state index in [1.54, 1.807) is 0 Å². The van der Waals surface area contributed by atoms with Gasteiger partial charge in [0.15, 0.2) is 46.5 Å². The molecule has 14 aromatic rings. The highest BCUT2D eigenvalue weighted by molar-refractivity contribution is 9.10. The van der Waals surface area contributed by atoms with E-state index in [1.165, 1.54) is 0 Å². The lowest BCUT2D eigenvalue weighted by Gasteiger charge is -2.34. The second kappa shape index (κ2) is 28.0. The fourth-order valence-corrected chi connectivity index (χ4v) is 14.3. The van der Waals surface area contributed by atoms with Gasteiger partial charge < -0.3 is 9.31 Å². The summed E-state index contributed by atoms with van der Waals surface area (Å²) in [6.45, 7) is 17.0. The SMILES string of the molecule is CC1(C)OB(c2cccc(-c3cccc(-c4nc(-c5ccccc5)nc(-c5ccccc5)n4)c3)c2)OC1(C)C.CC1(C)c2ccccc2C(=O)c2ccc(-c3cccc(-c4cccc(-c5nc(-c6ccccc6)nc(-c6ccccc6)n5)c4)c3)cc21.CC1(C)c2ccccc2C(=O)c2ccc(Br)cc21. The summed E-state index contributed by atoms with van der Waals surface area (Å²) < 4.78 is 13.6. The number of fused-ring (bicyclic) bond motifs is 4. The van der Waals surface area contributed by atoms with Gasteiger partial charge in [0.2, 0.25) is 0 Å². The maximum atomic E-state index is 13.4. The Balaban J connectivity index is 0.000000137. The van der Waals surface area contributed by atoms with Crippen LogP contribution in [-0.2, 0) is 20.1 Å². The van der Waals surface area contributed by atoms with Crippen molar-refractivity contribution in [1.82, 2.24) is 29.9 Å². The standard InChI is InChI=1S/C43H31N3O.C33H30BN3O2.C16H13BrO/c1-43(2)37-22-10-9-21-35(37)39(47)36-24-23-33(27-38(36)43)31-18-11-17-30(25-31)32-19-12-20-34(26-32)42-45-40(28-13-5-3-6-14-28)44-41(46-42)29-15-7-4-8-16-29;1-32(2)33(3,4)39-34(38-32)28-20-12-18-26(22-28)25-17-11-19-27(21-25)31-36-29(23-13-7-5-8-14-23)35-30(37-31)24-15-9-6-10-16-24;1-16(2)13-6-4-3-5-11(13)15(18)12-8-7-10(17)9-14(12)16/h3-27H,1-2H3;5-22H,1-4H3;3-9H,1-2H3. The first kappa shape index (κ1) is 68.2. The molecule has 12 aromatic carbocycles. The molecule has 0 spiro atoms. The van der Waals surface area contributed by atoms with E-state index in [-0.39, 0.29) is 33.6 Å². The van der Waals surface area contributed by atoms with E-state index >= 15 is 0 Å². The van der Waals surface area contributed by atoms with Crippen LogP contribution in [0.1, 0.15) is 109 Å². The lowest BCUT2D eigenvalue weighted by atomic mass is 9.68. The Morgan fingerprint density at radius 3 is 0.933 bits per heavy atom. The van der Waals surface area contributed by atoms with Gasteiger partial charge in [-0.3, -0.25) is 9.59 Å². The van der Waals surface area contributed by atoms with E-state index in [0.717, 1.165) is 121 Å². The number of nitrogens with zero attached hydrogens (tertiary/aromatic N) is 6. The summed E-state index contributed by atoms with van der Waals surface area (Å²) in [4.78, 5) is 55.2. The van der Waals surface area contributed by atoms with Crippen LogP contribution in [0.4, 0.5) is 0 Å². The molecule has 0 radical (unpaired) electrons. The fourth-order valence-electron chi connectivity index (χ4n) is 14.0. The molecule has 1 aliphatic heterocycles. The Morgan fingerprint density at radius 2 is 0.538 bits per heavy atom. The molecule has 104 heavy (non-hydrogen) atoms. The van der Waals surface area contributed by atoms with Crippen molar-refractivity contribution in [2.45, 2.75) is 77.4 Å². The number of carbonyl (C=O) groups is 2. The highest BCUT2D eigenvalue weighted by Gasteiger charge is 2.52. The normalized spacial score (nSPS) is 14.6. The monoisotopic (exact) mass is 1420 g/mol. The predicted octanol–water partition coefficient (Wildman–Crippen LogP) is 21.2. The Kier molecular flexibility index (Phi) is 18.4. The van der Waals surface area contributed by atoms with Gasteiger partial charge in [0.05, 0.1) is 11.2 Å². The van der Waals surface area contributed by atoms with E-state index in [9.17, 15) is 9.59 Å². The Labute approximate surface area is 616 Å². The molecule has 12 heteroatoms. The van der Waals surface area contributed by atoms with E-state index in [0.29, 0.717) is 34.9 Å². The minimum atomic E-state index is -0.413. The van der Waals surface area contributed by atoms with Gasteiger partial charge in [0, 0.05) is 70.9 Å². The molecular weight excluding hydrogens is 1340 g/mol. The van der Waals surface area contributed by atoms with Crippen molar-refractivity contribution in [1.29, 1.82) is 0 Å². The van der Waals surface area contributed by atoms with Gasteiger partial charge >= 0.3 is 7.12 Å². The first-order chi connectivity index (χ1) is 50.3. The largest absolute Gasteiger partial charge is 0.494 e. The number of halogens is 1. The third-order valence-corrected chi connectivity index (χ3v) is 20.9. The van der Waals surface area contributed by atoms with Crippen LogP contribution in [0.5, 0.6) is 0 Å². The van der Waals surface area contributed by atoms with Crippen LogP contribution < -0.4 is 5.46 Å². The van der Waals surface area contributed by atoms with Crippen molar-refractivity contribution in [3.8, 4) is 102 Å². The quantitative estimate of drug-likeness (QED) is 0.122. The van der Waals surface area contributed by atoms with Crippen LogP contribution in [-0.4, -0.2) is 59.8 Å². The highest BCUT2D eigenvalue weighted by Crippen LogP contribution is 2.45. The Hall–Kier alpha value is -11.5. The second-order valence-corrected chi connectivity index (χ2v) is 29.4. The summed E-state index contributed by atoms with van der Waals surface area (Å²) in [5.41, 5.74) is 19.4. The molecule has 0 bridgehead atoms. The van der Waals surface area contributed by atoms with E-state index in [1.807, 2.05) is 200 Å². The molecule has 3 heterocycles. The summed E-state index contributed by atoms with van der Waals surface area (Å²) in [5, 5.41) is 0. The molecule has 10 nitrogen and oxygen atoms in total. The lowest BCUT2D eigenvalue weighted by Crippen LogP contribution is -2.41. The van der Waals surface area contributed by atoms with Crippen LogP contribution in [0.2, 0.25) is 0 Å². The van der Waals surface area contributed by atoms with Crippen LogP contribution in [0.15, 0.2) is 308 Å². The molecule has 1 saturated heterocycles. The van der Waals surface area contributed by atoms with E-state index in [4.69, 9.17) is 39.2 Å². The molecule has 0 N–H and O–H groups in total. The van der Waals surface area contributed by atoms with Gasteiger partial charge in [0.1, 0.15) is 0 Å². The molecule has 2 aliphatic carbocycles. The summed E-state index contributed by atoms with van der Waals surface area (Å²) in [6.07, 6.45) is 0. The van der Waals surface area contributed by atoms with E-state index in [2.05, 4.69) is 174 Å². The van der Waals surface area contributed by atoms with Gasteiger partial charge in [-0.15, -0.1) is 0 Å². The smallest absolute Gasteiger partial charge is 0.399 e. The number of carbonyl (C=O) groups excluding carboxylic acids is 2. The van der Waals surface area contributed by atoms with Crippen molar-refractivity contribution in [3.05, 3.63) is 352 Å². The second-order valence-electron chi connectivity index (χ2n) is 28.5. The van der Waals surface area contributed by atoms with Gasteiger partial charge in [-0.05, 0) is 131 Å². The number of hydrogen-bond donors (Lipinski definition) is 0. The van der Waals surface area contributed by atoms with Crippen LogP contribution >= 0.6 is 15.9 Å². The third-order valence-electron chi connectivity index (χ3n) is 20.4. The molecule has 0 saturated carbocycles. The van der Waals surface area contributed by atoms with Crippen LogP contribution in [0.25, 0.3) is 102 Å². The van der Waals surface area contributed by atoms with Crippen molar-refractivity contribution >= 4 is 40.1 Å². The summed E-state index contributed by atoms with van der Waals surface area (Å²) in [5.74, 6) is 4.05. The van der Waals surface area contributed by atoms with Crippen molar-refractivity contribution in [2.24, 2.45) is 0 Å². The topological polar surface area (TPSA) is 130 Å². The molecule has 0 atom stereocenters. The lowest BCUT2D eigenvalue weighted by molar-refractivity contribution is 0.00578. The average molecular weight is 1420 g/mol. The minimum Gasteiger partial charge on any atom is -0.399 e. The van der Waals surface area contributed by atoms with E-state index < -0.39 is 7.12 Å². The molecule has 3 aliphatic rings. The predicted molar refractivity (Wildman–Crippen MR) is 422 cm³/mol. The fraction of sp³-hybridized carbons (Fsp3) is 0.130. The first-order valence-corrected chi connectivity index (χ1v) is 35.8. The van der Waals surface area contributed by atoms with Gasteiger partial charge in [-0.25, -0.2) is 29.9 Å². The molecule has 1 fully saturated rings. The first-order valence-electron chi connectivity index (χ1n) is 35.0. The number of hydrogen-bond acceptors (Lipinski definition) is 10. The van der Waals surface area contributed by atoms with Gasteiger partial charge in [-0.2, -0.15) is 0 Å². The Morgan fingerprint density at radius 1 is 0.260 bits per heavy atom. The number of rotatable bonds is 10. The summed E-state index contributed by atoms with van der Waals surface area (Å²) >= 11 is 3.49. The number of ketones is 2. The molecule has 506 valence electrons. The molecular formula is C92H74BBrN6O4.